The predicted molar refractivity (Wildman–Crippen MR) is 91.2 cm³/mol. The molecule has 3 unspecified atom stereocenters. The zero-order valence-corrected chi connectivity index (χ0v) is 14.9. The fourth-order valence-corrected chi connectivity index (χ4v) is 3.83. The first kappa shape index (κ1) is 16.7. The average molecular weight is 328 g/mol. The summed E-state index contributed by atoms with van der Waals surface area (Å²) in [6.45, 7) is 9.67. The molecule has 128 valence electrons. The second-order valence-corrected chi connectivity index (χ2v) is 7.16. The highest BCUT2D eigenvalue weighted by molar-refractivity contribution is 6.02. The molecule has 3 atom stereocenters. The molecule has 0 bridgehead atoms. The number of Topliss-reactive ketones (excluding diaryl/α,β-unsaturated/α-hetero) is 1. The van der Waals surface area contributed by atoms with Crippen molar-refractivity contribution in [3.63, 3.8) is 0 Å². The number of fused-ring (bicyclic) bond motifs is 2. The van der Waals surface area contributed by atoms with Crippen molar-refractivity contribution in [1.82, 2.24) is 0 Å². The van der Waals surface area contributed by atoms with Gasteiger partial charge in [0, 0.05) is 28.5 Å². The van der Waals surface area contributed by atoms with Gasteiger partial charge in [-0.15, -0.1) is 0 Å². The summed E-state index contributed by atoms with van der Waals surface area (Å²) in [5.74, 6) is 0.645. The number of hydrogen-bond donors (Lipinski definition) is 0. The minimum absolute atomic E-state index is 0.124. The Hall–Kier alpha value is -2.10. The van der Waals surface area contributed by atoms with E-state index >= 15 is 0 Å². The van der Waals surface area contributed by atoms with Crippen LogP contribution in [0.2, 0.25) is 0 Å². The molecule has 4 heteroatoms. The summed E-state index contributed by atoms with van der Waals surface area (Å²) in [7, 11) is 0. The summed E-state index contributed by atoms with van der Waals surface area (Å²) in [6.07, 6.45) is 6.09. The van der Waals surface area contributed by atoms with Crippen molar-refractivity contribution in [2.45, 2.75) is 53.6 Å². The minimum Gasteiger partial charge on any atom is -0.464 e. The van der Waals surface area contributed by atoms with Gasteiger partial charge in [-0.2, -0.15) is 0 Å². The molecule has 0 N–H and O–H groups in total. The van der Waals surface area contributed by atoms with E-state index in [0.29, 0.717) is 17.8 Å². The molecule has 0 aromatic carbocycles. The van der Waals surface area contributed by atoms with E-state index < -0.39 is 11.5 Å². The molecule has 3 rings (SSSR count). The van der Waals surface area contributed by atoms with Crippen LogP contribution in [0.5, 0.6) is 0 Å². The Morgan fingerprint density at radius 1 is 1.46 bits per heavy atom. The van der Waals surface area contributed by atoms with Gasteiger partial charge in [0.15, 0.2) is 5.78 Å². The molecule has 0 saturated heterocycles. The number of carbonyl (C=O) groups excluding carboxylic acids is 2. The van der Waals surface area contributed by atoms with Crippen LogP contribution < -0.4 is 0 Å². The zero-order chi connectivity index (χ0) is 17.6. The van der Waals surface area contributed by atoms with Gasteiger partial charge >= 0.3 is 5.97 Å². The van der Waals surface area contributed by atoms with E-state index in [1.165, 1.54) is 0 Å². The first-order valence-electron chi connectivity index (χ1n) is 8.48. The molecule has 1 aromatic rings. The number of ketones is 1. The van der Waals surface area contributed by atoms with Crippen LogP contribution in [0, 0.1) is 18.3 Å². The van der Waals surface area contributed by atoms with E-state index in [0.717, 1.165) is 23.1 Å². The summed E-state index contributed by atoms with van der Waals surface area (Å²) in [4.78, 5) is 25.0. The number of esters is 1. The Labute approximate surface area is 142 Å². The second kappa shape index (κ2) is 5.76. The maximum absolute atomic E-state index is 12.6. The normalized spacial score (nSPS) is 29.6. The van der Waals surface area contributed by atoms with Crippen LogP contribution in [-0.2, 0) is 14.3 Å². The smallest absolute Gasteiger partial charge is 0.334 e. The standard InChI is InChI=1S/C20H24O4/c1-6-11(2)19(22)24-18-17-12(3)10-23-16(17)9-14-15(21)8-7-13(4)20(14,18)5/h6,9-10,13,18H,7-8H2,1-5H3. The van der Waals surface area contributed by atoms with Gasteiger partial charge in [0.2, 0.25) is 0 Å². The van der Waals surface area contributed by atoms with Crippen LogP contribution in [-0.4, -0.2) is 11.8 Å². The molecule has 0 aliphatic heterocycles. The molecule has 1 fully saturated rings. The Morgan fingerprint density at radius 3 is 2.83 bits per heavy atom. The van der Waals surface area contributed by atoms with Gasteiger partial charge in [0.25, 0.3) is 0 Å². The lowest BCUT2D eigenvalue weighted by molar-refractivity contribution is -0.154. The highest BCUT2D eigenvalue weighted by Crippen LogP contribution is 2.57. The largest absolute Gasteiger partial charge is 0.464 e. The Kier molecular flexibility index (Phi) is 4.02. The molecule has 4 nitrogen and oxygen atoms in total. The van der Waals surface area contributed by atoms with Gasteiger partial charge in [0.05, 0.1) is 6.26 Å². The van der Waals surface area contributed by atoms with Crippen molar-refractivity contribution < 1.29 is 18.7 Å². The molecule has 0 amide bonds. The zero-order valence-electron chi connectivity index (χ0n) is 14.9. The van der Waals surface area contributed by atoms with Gasteiger partial charge in [-0.1, -0.05) is 19.9 Å². The third kappa shape index (κ3) is 2.27. The quantitative estimate of drug-likeness (QED) is 0.591. The molecular formula is C20H24O4. The monoisotopic (exact) mass is 328 g/mol. The van der Waals surface area contributed by atoms with E-state index in [1.807, 2.05) is 26.8 Å². The number of ether oxygens (including phenoxy) is 1. The third-order valence-electron chi connectivity index (χ3n) is 5.82. The summed E-state index contributed by atoms with van der Waals surface area (Å²) in [5.41, 5.74) is 2.59. The Morgan fingerprint density at radius 2 is 2.17 bits per heavy atom. The first-order chi connectivity index (χ1) is 11.3. The Bertz CT molecular complexity index is 765. The van der Waals surface area contributed by atoms with Crippen LogP contribution in [0.3, 0.4) is 0 Å². The van der Waals surface area contributed by atoms with Crippen LogP contribution >= 0.6 is 0 Å². The summed E-state index contributed by atoms with van der Waals surface area (Å²) >= 11 is 0. The van der Waals surface area contributed by atoms with Gasteiger partial charge in [-0.05, 0) is 44.7 Å². The van der Waals surface area contributed by atoms with Crippen LogP contribution in [0.4, 0.5) is 0 Å². The van der Waals surface area contributed by atoms with Crippen LogP contribution in [0.15, 0.2) is 27.9 Å². The van der Waals surface area contributed by atoms with Gasteiger partial charge in [-0.3, -0.25) is 4.79 Å². The number of allylic oxidation sites excluding steroid dienone is 1. The minimum atomic E-state index is -0.527. The van der Waals surface area contributed by atoms with E-state index in [2.05, 4.69) is 6.92 Å². The molecule has 1 heterocycles. The van der Waals surface area contributed by atoms with Crippen molar-refractivity contribution >= 4 is 17.8 Å². The van der Waals surface area contributed by atoms with Crippen LogP contribution in [0.25, 0.3) is 6.08 Å². The lowest BCUT2D eigenvalue weighted by atomic mass is 9.58. The molecule has 1 saturated carbocycles. The number of hydrogen-bond acceptors (Lipinski definition) is 4. The summed E-state index contributed by atoms with van der Waals surface area (Å²) in [6, 6.07) is 0. The van der Waals surface area contributed by atoms with E-state index in [4.69, 9.17) is 9.15 Å². The number of rotatable bonds is 2. The molecule has 2 aliphatic carbocycles. The van der Waals surface area contributed by atoms with Crippen molar-refractivity contribution in [3.8, 4) is 0 Å². The number of aryl methyl sites for hydroxylation is 1. The average Bonchev–Trinajstić information content (AvgIpc) is 2.93. The highest BCUT2D eigenvalue weighted by atomic mass is 16.5. The SMILES string of the molecule is CC=C(C)C(=O)OC1c2c(C)coc2C=C2C(=O)CCC(C)C21C. The van der Waals surface area contributed by atoms with Gasteiger partial charge in [-0.25, -0.2) is 4.79 Å². The topological polar surface area (TPSA) is 56.5 Å². The molecule has 0 radical (unpaired) electrons. The van der Waals surface area contributed by atoms with E-state index in [-0.39, 0.29) is 17.7 Å². The molecule has 2 aliphatic rings. The van der Waals surface area contributed by atoms with E-state index in [1.54, 1.807) is 19.3 Å². The fourth-order valence-electron chi connectivity index (χ4n) is 3.83. The molecular weight excluding hydrogens is 304 g/mol. The summed E-state index contributed by atoms with van der Waals surface area (Å²) in [5, 5.41) is 0. The molecule has 24 heavy (non-hydrogen) atoms. The van der Waals surface area contributed by atoms with Gasteiger partial charge < -0.3 is 9.15 Å². The van der Waals surface area contributed by atoms with Crippen molar-refractivity contribution in [3.05, 3.63) is 40.4 Å². The number of carbonyl (C=O) groups is 2. The van der Waals surface area contributed by atoms with Crippen LogP contribution in [0.1, 0.15) is 63.5 Å². The summed E-state index contributed by atoms with van der Waals surface area (Å²) < 4.78 is 11.6. The molecule has 0 spiro atoms. The maximum Gasteiger partial charge on any atom is 0.334 e. The maximum atomic E-state index is 12.6. The second-order valence-electron chi connectivity index (χ2n) is 7.16. The third-order valence-corrected chi connectivity index (χ3v) is 5.82. The fraction of sp³-hybridized carbons (Fsp3) is 0.500. The lowest BCUT2D eigenvalue weighted by Crippen LogP contribution is -2.44. The van der Waals surface area contributed by atoms with Crippen molar-refractivity contribution in [2.75, 3.05) is 0 Å². The number of furan rings is 1. The first-order valence-corrected chi connectivity index (χ1v) is 8.48. The van der Waals surface area contributed by atoms with E-state index in [9.17, 15) is 9.59 Å². The Balaban J connectivity index is 2.16. The van der Waals surface area contributed by atoms with Crippen molar-refractivity contribution in [2.24, 2.45) is 11.3 Å². The van der Waals surface area contributed by atoms with Gasteiger partial charge in [0.1, 0.15) is 11.9 Å². The lowest BCUT2D eigenvalue weighted by Gasteiger charge is -2.47. The predicted octanol–water partition coefficient (Wildman–Crippen LogP) is 4.54. The highest BCUT2D eigenvalue weighted by Gasteiger charge is 2.53. The molecule has 1 aromatic heterocycles. The van der Waals surface area contributed by atoms with Crippen molar-refractivity contribution in [1.29, 1.82) is 0 Å².